The van der Waals surface area contributed by atoms with E-state index in [4.69, 9.17) is 52.8 Å². The van der Waals surface area contributed by atoms with Crippen molar-refractivity contribution < 1.29 is 65.4 Å². The number of anilines is 8. The molecule has 4 aliphatic rings. The van der Waals surface area contributed by atoms with Gasteiger partial charge in [0.15, 0.2) is 12.2 Å². The predicted octanol–water partition coefficient (Wildman–Crippen LogP) is 6.47. The molecule has 0 spiro atoms. The van der Waals surface area contributed by atoms with E-state index in [2.05, 4.69) is 40.9 Å². The van der Waals surface area contributed by atoms with Gasteiger partial charge in [-0.15, -0.1) is 10.1 Å². The lowest BCUT2D eigenvalue weighted by atomic mass is 10.2. The number of nitrogens with zero attached hydrogens (tertiary/aromatic N) is 12. The van der Waals surface area contributed by atoms with E-state index in [1.54, 1.807) is 23.9 Å². The summed E-state index contributed by atoms with van der Waals surface area (Å²) in [5, 5.41) is 31.9. The van der Waals surface area contributed by atoms with Gasteiger partial charge in [-0.2, -0.15) is 46.3 Å². The fourth-order valence-corrected chi connectivity index (χ4v) is 10.3. The van der Waals surface area contributed by atoms with Gasteiger partial charge in [-0.05, 0) is 102 Å². The van der Waals surface area contributed by atoms with Crippen LogP contribution >= 0.6 is 23.2 Å². The van der Waals surface area contributed by atoms with E-state index in [9.17, 15) is 55.7 Å². The standard InChI is InChI=1S/C54H70Cl2F6N16O8/c1-71(27-15-63-41-33-43(73-19-3-4-20-73)69-49(67-41)75-23-7-8-24-75)29-17-65-51(83)77(35-11-13-39(55)37(31-35)53(57,58)59)85-47(81)45(79)46(80)48(82)86-78(36-12-14-40(56)38(32-36)54(60,61)62)52(84)66-18-30-72(2)28-16-64-42-34-44(74-21-5-6-22-74)70-50(68-42)76-25-9-10-26-76/h11-14,31-34,45-46,79-80H,3-10,15-30H2,1-2H3,(H,65,83)(H,66,84)(H,63,67,69)(H,64,68,70). The highest BCUT2D eigenvalue weighted by Gasteiger charge is 2.40. The number of carbonyl (C=O) groups is 4. The summed E-state index contributed by atoms with van der Waals surface area (Å²) in [6, 6.07) is 5.05. The van der Waals surface area contributed by atoms with Crippen LogP contribution in [-0.2, 0) is 31.6 Å². The van der Waals surface area contributed by atoms with E-state index in [-0.39, 0.29) is 36.3 Å². The van der Waals surface area contributed by atoms with E-state index >= 15 is 0 Å². The van der Waals surface area contributed by atoms with Gasteiger partial charge in [0.2, 0.25) is 11.9 Å². The number of aliphatic hydroxyl groups excluding tert-OH is 2. The molecule has 24 nitrogen and oxygen atoms in total. The summed E-state index contributed by atoms with van der Waals surface area (Å²) >= 11 is 11.7. The van der Waals surface area contributed by atoms with E-state index in [1.807, 2.05) is 12.1 Å². The molecule has 8 rings (SSSR count). The van der Waals surface area contributed by atoms with Crippen LogP contribution in [0.4, 0.5) is 82.5 Å². The Morgan fingerprint density at radius 2 is 0.849 bits per heavy atom. The second-order valence-corrected chi connectivity index (χ2v) is 22.0. The number of hydrogen-bond acceptors (Lipinski definition) is 20. The molecule has 0 aliphatic carbocycles. The van der Waals surface area contributed by atoms with Crippen LogP contribution in [0.5, 0.6) is 0 Å². The normalized spacial score (nSPS) is 16.2. The lowest BCUT2D eigenvalue weighted by Crippen LogP contribution is -2.50. The number of likely N-dealkylation sites (N-methyl/N-ethyl adjacent to an activating group) is 2. The molecule has 4 aromatic rings. The number of aliphatic hydroxyl groups is 2. The summed E-state index contributed by atoms with van der Waals surface area (Å²) in [5.74, 6) is 0.154. The van der Waals surface area contributed by atoms with Crippen molar-refractivity contribution in [3.05, 3.63) is 69.7 Å². The van der Waals surface area contributed by atoms with E-state index in [1.165, 1.54) is 0 Å². The zero-order chi connectivity index (χ0) is 61.7. The Labute approximate surface area is 502 Å². The van der Waals surface area contributed by atoms with Crippen LogP contribution in [0.15, 0.2) is 48.5 Å². The largest absolute Gasteiger partial charge is 0.417 e. The third kappa shape index (κ3) is 17.5. The highest BCUT2D eigenvalue weighted by molar-refractivity contribution is 6.32. The fraction of sp³-hybridized carbons (Fsp3) is 0.556. The SMILES string of the molecule is CN(CCNC(=O)N(OC(=O)C(O)C(O)C(=O)ON(C(=O)NCCN(C)CCNc1cc(N2CCCC2)nc(N2CCCC2)n1)c1ccc(Cl)c(C(F)(F)F)c1)c1ccc(Cl)c(C(F)(F)F)c1)CCNc1cc(N2CCCC2)nc(N2CCCC2)n1. The lowest BCUT2D eigenvalue weighted by Gasteiger charge is -2.26. The van der Waals surface area contributed by atoms with Crippen molar-refractivity contribution in [1.82, 2.24) is 40.4 Å². The molecular formula is C54H70Cl2F6N16O8. The van der Waals surface area contributed by atoms with E-state index in [0.29, 0.717) is 61.8 Å². The summed E-state index contributed by atoms with van der Waals surface area (Å²) in [7, 11) is 3.45. The maximum atomic E-state index is 14.1. The number of alkyl halides is 6. The smallest absolute Gasteiger partial charge is 0.379 e. The second kappa shape index (κ2) is 29.5. The Morgan fingerprint density at radius 1 is 0.523 bits per heavy atom. The van der Waals surface area contributed by atoms with Gasteiger partial charge in [0.05, 0.1) is 32.5 Å². The van der Waals surface area contributed by atoms with Crippen LogP contribution in [0, 0.1) is 0 Å². The Balaban J connectivity index is 0.882. The van der Waals surface area contributed by atoms with Crippen molar-refractivity contribution in [2.45, 2.75) is 75.9 Å². The monoisotopic (exact) mass is 1250 g/mol. The number of hydroxylamine groups is 2. The minimum absolute atomic E-state index is 0.0214. The molecule has 0 radical (unpaired) electrons. The first-order valence-corrected chi connectivity index (χ1v) is 29.1. The van der Waals surface area contributed by atoms with Gasteiger partial charge in [-0.1, -0.05) is 23.2 Å². The number of halogens is 8. The maximum absolute atomic E-state index is 14.1. The molecule has 470 valence electrons. The number of amides is 4. The van der Waals surface area contributed by atoms with Crippen LogP contribution in [0.25, 0.3) is 0 Å². The predicted molar refractivity (Wildman–Crippen MR) is 311 cm³/mol. The van der Waals surface area contributed by atoms with E-state index < -0.39 is 81.1 Å². The topological polar surface area (TPSA) is 253 Å². The summed E-state index contributed by atoms with van der Waals surface area (Å²) in [4.78, 5) is 96.1. The number of carbonyl (C=O) groups excluding carboxylic acids is 4. The third-order valence-electron chi connectivity index (χ3n) is 14.7. The first-order valence-electron chi connectivity index (χ1n) is 28.3. The molecule has 32 heteroatoms. The molecular weight excluding hydrogens is 1190 g/mol. The molecule has 4 amide bonds. The first-order chi connectivity index (χ1) is 41.0. The van der Waals surface area contributed by atoms with Crippen LogP contribution in [0.2, 0.25) is 10.0 Å². The fourth-order valence-electron chi connectivity index (χ4n) is 9.87. The Kier molecular flexibility index (Phi) is 22.3. The van der Waals surface area contributed by atoms with Crippen molar-refractivity contribution in [1.29, 1.82) is 0 Å². The Bertz CT molecular complexity index is 2710. The molecule has 2 atom stereocenters. The highest BCUT2D eigenvalue weighted by Crippen LogP contribution is 2.39. The van der Waals surface area contributed by atoms with Crippen molar-refractivity contribution in [3.8, 4) is 0 Å². The van der Waals surface area contributed by atoms with Crippen molar-refractivity contribution in [2.75, 3.05) is 159 Å². The van der Waals surface area contributed by atoms with Crippen LogP contribution in [-0.4, -0.2) is 195 Å². The summed E-state index contributed by atoms with van der Waals surface area (Å²) in [5.41, 5.74) is -4.42. The minimum atomic E-state index is -5.09. The molecule has 86 heavy (non-hydrogen) atoms. The van der Waals surface area contributed by atoms with Gasteiger partial charge in [-0.3, -0.25) is 0 Å². The molecule has 4 fully saturated rings. The Hall–Kier alpha value is -7.12. The second-order valence-electron chi connectivity index (χ2n) is 21.1. The average molecular weight is 1260 g/mol. The molecule has 4 aliphatic heterocycles. The van der Waals surface area contributed by atoms with Crippen LogP contribution in [0.3, 0.4) is 0 Å². The zero-order valence-corrected chi connectivity index (χ0v) is 49.0. The van der Waals surface area contributed by atoms with Crippen LogP contribution in [0.1, 0.15) is 62.5 Å². The van der Waals surface area contributed by atoms with Gasteiger partial charge in [-0.25, -0.2) is 19.2 Å². The Morgan fingerprint density at radius 3 is 1.19 bits per heavy atom. The molecule has 2 unspecified atom stereocenters. The summed E-state index contributed by atoms with van der Waals surface area (Å²) in [6.07, 6.45) is -7.78. The molecule has 2 aromatic heterocycles. The molecule has 0 saturated carbocycles. The minimum Gasteiger partial charge on any atom is -0.379 e. The highest BCUT2D eigenvalue weighted by atomic mass is 35.5. The number of benzene rings is 2. The average Bonchev–Trinajstić information content (AvgIpc) is 1.81. The summed E-state index contributed by atoms with van der Waals surface area (Å²) < 4.78 is 84.5. The number of hydrogen-bond donors (Lipinski definition) is 6. The van der Waals surface area contributed by atoms with Crippen molar-refractivity contribution >= 4 is 93.7 Å². The van der Waals surface area contributed by atoms with Gasteiger partial charge < -0.3 is 70.6 Å². The van der Waals surface area contributed by atoms with Crippen molar-refractivity contribution in [3.63, 3.8) is 0 Å². The third-order valence-corrected chi connectivity index (χ3v) is 15.3. The number of nitrogens with one attached hydrogen (secondary N) is 4. The maximum Gasteiger partial charge on any atom is 0.417 e. The summed E-state index contributed by atoms with van der Waals surface area (Å²) in [6.45, 7) is 8.46. The number of urea groups is 2. The van der Waals surface area contributed by atoms with E-state index in [0.717, 1.165) is 140 Å². The molecule has 0 bridgehead atoms. The molecule has 2 aromatic carbocycles. The number of rotatable bonds is 23. The molecule has 4 saturated heterocycles. The van der Waals surface area contributed by atoms with Crippen LogP contribution < -0.4 is 51.0 Å². The van der Waals surface area contributed by atoms with Gasteiger partial charge in [0.25, 0.3) is 0 Å². The lowest BCUT2D eigenvalue weighted by molar-refractivity contribution is -0.173. The van der Waals surface area contributed by atoms with Gasteiger partial charge in [0, 0.05) is 117 Å². The van der Waals surface area contributed by atoms with Gasteiger partial charge >= 0.3 is 36.4 Å². The quantitative estimate of drug-likeness (QED) is 0.0344. The van der Waals surface area contributed by atoms with Crippen molar-refractivity contribution in [2.24, 2.45) is 0 Å². The molecule has 6 heterocycles. The number of aromatic nitrogens is 4. The zero-order valence-electron chi connectivity index (χ0n) is 47.5. The molecule has 6 N–H and O–H groups in total. The van der Waals surface area contributed by atoms with Gasteiger partial charge in [0.1, 0.15) is 23.3 Å². The first kappa shape index (κ1) is 64.9.